The van der Waals surface area contributed by atoms with E-state index in [1.807, 2.05) is 51.7 Å². The molecule has 0 aliphatic carbocycles. The van der Waals surface area contributed by atoms with Gasteiger partial charge in [-0.3, -0.25) is 0 Å². The molecule has 16 heavy (non-hydrogen) atoms. The molecule has 0 atom stereocenters. The molecule has 0 saturated heterocycles. The zero-order valence-electron chi connectivity index (χ0n) is 10.9. The summed E-state index contributed by atoms with van der Waals surface area (Å²) >= 11 is 2.94. The molecule has 0 aromatic heterocycles. The molecule has 0 amide bonds. The van der Waals surface area contributed by atoms with Crippen LogP contribution in [0.25, 0.3) is 0 Å². The van der Waals surface area contributed by atoms with Crippen LogP contribution in [0.5, 0.6) is 0 Å². The molecule has 0 aliphatic heterocycles. The van der Waals surface area contributed by atoms with Crippen molar-refractivity contribution < 1.29 is 9.53 Å². The van der Waals surface area contributed by atoms with Crippen molar-refractivity contribution in [1.82, 2.24) is 0 Å². The molecule has 0 radical (unpaired) electrons. The molecule has 0 heterocycles. The van der Waals surface area contributed by atoms with Crippen molar-refractivity contribution in [2.24, 2.45) is 0 Å². The Hall–Kier alpha value is -0.830. The highest BCUT2D eigenvalue weighted by Crippen LogP contribution is 2.13. The van der Waals surface area contributed by atoms with Gasteiger partial charge < -0.3 is 4.74 Å². The number of esters is 1. The summed E-state index contributed by atoms with van der Waals surface area (Å²) in [7, 11) is 1.40. The van der Waals surface area contributed by atoms with Gasteiger partial charge in [-0.1, -0.05) is 48.0 Å². The summed E-state index contributed by atoms with van der Waals surface area (Å²) in [5.74, 6) is 1.55. The fraction of sp³-hybridized carbons (Fsp3) is 0.462. The van der Waals surface area contributed by atoms with Crippen molar-refractivity contribution in [2.75, 3.05) is 12.9 Å². The molecule has 2 nitrogen and oxygen atoms in total. The van der Waals surface area contributed by atoms with Gasteiger partial charge in [0.15, 0.2) is 0 Å². The lowest BCUT2D eigenvalue weighted by Gasteiger charge is -2.05. The average molecular weight is 289 g/mol. The maximum Gasteiger partial charge on any atom is 0.338 e. The van der Waals surface area contributed by atoms with Crippen LogP contribution in [0.3, 0.4) is 0 Å². The number of ether oxygens (including phenoxy) is 1. The van der Waals surface area contributed by atoms with Crippen LogP contribution in [0, 0.1) is 13.8 Å². The lowest BCUT2D eigenvalue weighted by molar-refractivity contribution is 0.0599. The Morgan fingerprint density at radius 3 is 1.81 bits per heavy atom. The molecule has 92 valence electrons. The molecule has 0 fully saturated rings. The first-order chi connectivity index (χ1) is 7.66. The van der Waals surface area contributed by atoms with Crippen molar-refractivity contribution >= 4 is 21.9 Å². The monoisotopic (exact) mass is 288 g/mol. The zero-order chi connectivity index (χ0) is 13.1. The fourth-order valence-corrected chi connectivity index (χ4v) is 1.24. The largest absolute Gasteiger partial charge is 0.465 e. The number of hydrogen-bond acceptors (Lipinski definition) is 2. The van der Waals surface area contributed by atoms with Crippen LogP contribution >= 0.6 is 15.9 Å². The molecule has 1 aromatic rings. The van der Waals surface area contributed by atoms with Crippen LogP contribution in [0.2, 0.25) is 0 Å². The van der Waals surface area contributed by atoms with Crippen molar-refractivity contribution in [1.29, 1.82) is 0 Å². The number of benzene rings is 1. The average Bonchev–Trinajstić information content (AvgIpc) is 2.33. The molecule has 0 N–H and O–H groups in total. The van der Waals surface area contributed by atoms with Gasteiger partial charge in [0.25, 0.3) is 0 Å². The second-order valence-electron chi connectivity index (χ2n) is 2.76. The first-order valence-electron chi connectivity index (χ1n) is 5.19. The number of hydrogen-bond donors (Lipinski definition) is 0. The predicted molar refractivity (Wildman–Crippen MR) is 73.5 cm³/mol. The van der Waals surface area contributed by atoms with Gasteiger partial charge >= 0.3 is 5.97 Å². The molecule has 0 bridgehead atoms. The van der Waals surface area contributed by atoms with E-state index >= 15 is 0 Å². The normalized spacial score (nSPS) is 7.94. The van der Waals surface area contributed by atoms with Gasteiger partial charge in [0.2, 0.25) is 0 Å². The summed E-state index contributed by atoms with van der Waals surface area (Å²) in [4.78, 5) is 11.2. The Kier molecular flexibility index (Phi) is 11.7. The summed E-state index contributed by atoms with van der Waals surface area (Å²) in [5, 5.41) is 0. The van der Waals surface area contributed by atoms with E-state index in [1.165, 1.54) is 7.11 Å². The van der Waals surface area contributed by atoms with E-state index in [4.69, 9.17) is 0 Å². The van der Waals surface area contributed by atoms with E-state index in [-0.39, 0.29) is 5.97 Å². The van der Waals surface area contributed by atoms with Crippen LogP contribution in [-0.4, -0.2) is 18.9 Å². The zero-order valence-corrected chi connectivity index (χ0v) is 12.5. The minimum Gasteiger partial charge on any atom is -0.465 e. The third-order valence-corrected chi connectivity index (χ3v) is 1.87. The first-order valence-corrected chi connectivity index (χ1v) is 6.77. The molecule has 1 aromatic carbocycles. The second-order valence-corrected chi connectivity index (χ2v) is 2.76. The van der Waals surface area contributed by atoms with Crippen molar-refractivity contribution in [3.63, 3.8) is 0 Å². The highest BCUT2D eigenvalue weighted by Gasteiger charge is 2.10. The fourth-order valence-electron chi connectivity index (χ4n) is 1.24. The van der Waals surface area contributed by atoms with Gasteiger partial charge in [-0.15, -0.1) is 0 Å². The van der Waals surface area contributed by atoms with Crippen LogP contribution in [0.4, 0.5) is 0 Å². The van der Waals surface area contributed by atoms with Crippen LogP contribution in [0.15, 0.2) is 18.2 Å². The maximum atomic E-state index is 11.2. The van der Waals surface area contributed by atoms with Gasteiger partial charge in [0, 0.05) is 0 Å². The minimum atomic E-state index is -0.259. The van der Waals surface area contributed by atoms with E-state index in [9.17, 15) is 4.79 Å². The molecule has 0 unspecified atom stereocenters. The summed E-state index contributed by atoms with van der Waals surface area (Å²) in [6.45, 7) is 7.80. The smallest absolute Gasteiger partial charge is 0.338 e. The quantitative estimate of drug-likeness (QED) is 0.574. The van der Waals surface area contributed by atoms with Gasteiger partial charge in [-0.25, -0.2) is 4.79 Å². The van der Waals surface area contributed by atoms with Gasteiger partial charge in [-0.2, -0.15) is 0 Å². The van der Waals surface area contributed by atoms with Gasteiger partial charge in [0.05, 0.1) is 12.7 Å². The molecule has 0 aliphatic rings. The SMILES string of the molecule is CBr.CC.COC(=O)c1c(C)cccc1C. The van der Waals surface area contributed by atoms with E-state index in [0.717, 1.165) is 11.1 Å². The number of carbonyl (C=O) groups is 1. The van der Waals surface area contributed by atoms with Crippen molar-refractivity contribution in [3.8, 4) is 0 Å². The highest BCUT2D eigenvalue weighted by molar-refractivity contribution is 9.08. The van der Waals surface area contributed by atoms with E-state index < -0.39 is 0 Å². The number of methoxy groups -OCH3 is 1. The molecular weight excluding hydrogens is 268 g/mol. The maximum absolute atomic E-state index is 11.2. The molecule has 0 saturated carbocycles. The Morgan fingerprint density at radius 1 is 1.12 bits per heavy atom. The first kappa shape index (κ1) is 17.6. The summed E-state index contributed by atoms with van der Waals surface area (Å²) < 4.78 is 4.66. The number of aryl methyl sites for hydroxylation is 2. The third-order valence-electron chi connectivity index (χ3n) is 1.87. The number of carbonyl (C=O) groups excluding carboxylic acids is 1. The predicted octanol–water partition coefficient (Wildman–Crippen LogP) is 4.13. The second kappa shape index (κ2) is 10.7. The third kappa shape index (κ3) is 5.31. The Bertz CT molecular complexity index is 289. The van der Waals surface area contributed by atoms with Crippen LogP contribution in [0.1, 0.15) is 35.3 Å². The van der Waals surface area contributed by atoms with Gasteiger partial charge in [-0.05, 0) is 30.8 Å². The topological polar surface area (TPSA) is 26.3 Å². The van der Waals surface area contributed by atoms with E-state index in [1.54, 1.807) is 0 Å². The van der Waals surface area contributed by atoms with E-state index in [0.29, 0.717) is 5.56 Å². The molecule has 3 heteroatoms. The Balaban J connectivity index is 0. The van der Waals surface area contributed by atoms with Crippen LogP contribution < -0.4 is 0 Å². The van der Waals surface area contributed by atoms with Gasteiger partial charge in [0.1, 0.15) is 0 Å². The lowest BCUT2D eigenvalue weighted by atomic mass is 10.0. The standard InChI is InChI=1S/C10H12O2.C2H6.CH3Br/c1-7-5-4-6-8(2)9(7)10(11)12-3;2*1-2/h4-6H,1-3H3;1-2H3;1H3. The number of alkyl halides is 1. The minimum absolute atomic E-state index is 0.259. The Morgan fingerprint density at radius 2 is 1.50 bits per heavy atom. The molecular formula is C13H21BrO2. The molecule has 1 rings (SSSR count). The van der Waals surface area contributed by atoms with Crippen molar-refractivity contribution in [2.45, 2.75) is 27.7 Å². The lowest BCUT2D eigenvalue weighted by Crippen LogP contribution is -2.05. The van der Waals surface area contributed by atoms with Crippen molar-refractivity contribution in [3.05, 3.63) is 34.9 Å². The van der Waals surface area contributed by atoms with E-state index in [2.05, 4.69) is 20.7 Å². The Labute approximate surface area is 107 Å². The number of halogens is 1. The summed E-state index contributed by atoms with van der Waals surface area (Å²) in [5.41, 5.74) is 2.60. The number of rotatable bonds is 1. The highest BCUT2D eigenvalue weighted by atomic mass is 79.9. The van der Waals surface area contributed by atoms with Crippen LogP contribution in [-0.2, 0) is 4.74 Å². The summed E-state index contributed by atoms with van der Waals surface area (Å²) in [6, 6.07) is 5.73. The summed E-state index contributed by atoms with van der Waals surface area (Å²) in [6.07, 6.45) is 0. The molecule has 0 spiro atoms.